The molecule has 5 nitrogen and oxygen atoms in total. The summed E-state index contributed by atoms with van der Waals surface area (Å²) in [6.07, 6.45) is 4.49. The summed E-state index contributed by atoms with van der Waals surface area (Å²) in [7, 11) is 1.56. The molecule has 5 heteroatoms. The van der Waals surface area contributed by atoms with Crippen LogP contribution >= 0.6 is 0 Å². The van der Waals surface area contributed by atoms with E-state index in [4.69, 9.17) is 4.74 Å². The van der Waals surface area contributed by atoms with Gasteiger partial charge in [-0.15, -0.1) is 0 Å². The van der Waals surface area contributed by atoms with Crippen molar-refractivity contribution in [1.82, 2.24) is 9.97 Å². The van der Waals surface area contributed by atoms with Gasteiger partial charge < -0.3 is 10.1 Å². The smallest absolute Gasteiger partial charge is 0.259 e. The lowest BCUT2D eigenvalue weighted by atomic mass is 10.0. The van der Waals surface area contributed by atoms with Gasteiger partial charge in [0.25, 0.3) is 5.91 Å². The summed E-state index contributed by atoms with van der Waals surface area (Å²) in [4.78, 5) is 19.9. The molecule has 22 heavy (non-hydrogen) atoms. The molecular formula is C17H23N3O2. The molecule has 1 aromatic heterocycles. The second-order valence-corrected chi connectivity index (χ2v) is 4.70. The van der Waals surface area contributed by atoms with Crippen LogP contribution in [0.2, 0.25) is 0 Å². The van der Waals surface area contributed by atoms with E-state index in [0.717, 1.165) is 5.56 Å². The number of hydrogen-bond acceptors (Lipinski definition) is 4. The van der Waals surface area contributed by atoms with Gasteiger partial charge in [-0.25, -0.2) is 9.97 Å². The summed E-state index contributed by atoms with van der Waals surface area (Å²) < 4.78 is 5.30. The van der Waals surface area contributed by atoms with Gasteiger partial charge in [-0.3, -0.25) is 4.79 Å². The number of hydrogen-bond donors (Lipinski definition) is 1. The van der Waals surface area contributed by atoms with E-state index in [-0.39, 0.29) is 5.91 Å². The van der Waals surface area contributed by atoms with Crippen LogP contribution in [-0.4, -0.2) is 23.0 Å². The average Bonchev–Trinajstić information content (AvgIpc) is 2.56. The van der Waals surface area contributed by atoms with Crippen molar-refractivity contribution >= 4 is 11.6 Å². The molecule has 0 radical (unpaired) electrons. The summed E-state index contributed by atoms with van der Waals surface area (Å²) in [5, 5.41) is 2.74. The van der Waals surface area contributed by atoms with Crippen LogP contribution in [0, 0.1) is 0 Å². The fourth-order valence-corrected chi connectivity index (χ4v) is 1.82. The number of methoxy groups -OCH3 is 1. The molecule has 1 N–H and O–H groups in total. The minimum atomic E-state index is -0.244. The molecule has 0 aliphatic carbocycles. The third-order valence-corrected chi connectivity index (χ3v) is 2.96. The maximum Gasteiger partial charge on any atom is 0.259 e. The number of ether oxygens (including phenoxy) is 1. The minimum Gasteiger partial charge on any atom is -0.496 e. The van der Waals surface area contributed by atoms with Crippen LogP contribution in [0.4, 0.5) is 5.69 Å². The van der Waals surface area contributed by atoms with Crippen molar-refractivity contribution < 1.29 is 9.53 Å². The van der Waals surface area contributed by atoms with Crippen molar-refractivity contribution in [2.45, 2.75) is 33.6 Å². The number of rotatable bonds is 4. The predicted octanol–water partition coefficient (Wildman–Crippen LogP) is 3.89. The molecule has 0 spiro atoms. The van der Waals surface area contributed by atoms with Gasteiger partial charge in [0.15, 0.2) is 0 Å². The fourth-order valence-electron chi connectivity index (χ4n) is 1.82. The lowest BCUT2D eigenvalue weighted by molar-refractivity contribution is 0.102. The highest BCUT2D eigenvalue weighted by atomic mass is 16.5. The van der Waals surface area contributed by atoms with Crippen LogP contribution < -0.4 is 10.1 Å². The Hall–Kier alpha value is -2.43. The molecule has 0 bridgehead atoms. The molecule has 1 aromatic carbocycles. The Morgan fingerprint density at radius 3 is 2.36 bits per heavy atom. The fraction of sp³-hybridized carbons (Fsp3) is 0.353. The molecule has 0 atom stereocenters. The van der Waals surface area contributed by atoms with Crippen molar-refractivity contribution in [2.75, 3.05) is 12.4 Å². The second kappa shape index (κ2) is 8.77. The molecular weight excluding hydrogens is 278 g/mol. The van der Waals surface area contributed by atoms with E-state index < -0.39 is 0 Å². The van der Waals surface area contributed by atoms with Gasteiger partial charge in [-0.1, -0.05) is 33.8 Å². The Kier molecular flexibility index (Phi) is 7.02. The van der Waals surface area contributed by atoms with Crippen LogP contribution in [0.15, 0.2) is 36.9 Å². The lowest BCUT2D eigenvalue weighted by Crippen LogP contribution is -2.13. The number of anilines is 1. The Morgan fingerprint density at radius 1 is 1.18 bits per heavy atom. The van der Waals surface area contributed by atoms with Crippen LogP contribution in [0.1, 0.15) is 49.5 Å². The van der Waals surface area contributed by atoms with Crippen molar-refractivity contribution in [3.05, 3.63) is 48.0 Å². The third-order valence-electron chi connectivity index (χ3n) is 2.96. The van der Waals surface area contributed by atoms with Gasteiger partial charge in [0.05, 0.1) is 30.8 Å². The van der Waals surface area contributed by atoms with Crippen molar-refractivity contribution in [1.29, 1.82) is 0 Å². The first-order valence-corrected chi connectivity index (χ1v) is 7.36. The van der Waals surface area contributed by atoms with Gasteiger partial charge in [-0.05, 0) is 23.6 Å². The maximum absolute atomic E-state index is 12.2. The molecule has 0 aliphatic rings. The van der Waals surface area contributed by atoms with Gasteiger partial charge in [-0.2, -0.15) is 0 Å². The minimum absolute atomic E-state index is 0.244. The van der Waals surface area contributed by atoms with E-state index in [9.17, 15) is 4.79 Å². The zero-order valence-corrected chi connectivity index (χ0v) is 13.8. The molecule has 0 saturated heterocycles. The normalized spacial score (nSPS) is 9.73. The predicted molar refractivity (Wildman–Crippen MR) is 88.4 cm³/mol. The van der Waals surface area contributed by atoms with E-state index >= 15 is 0 Å². The lowest BCUT2D eigenvalue weighted by Gasteiger charge is -2.12. The van der Waals surface area contributed by atoms with E-state index in [1.807, 2.05) is 26.0 Å². The molecule has 2 rings (SSSR count). The number of carbonyl (C=O) groups is 1. The Labute approximate surface area is 131 Å². The van der Waals surface area contributed by atoms with Crippen molar-refractivity contribution in [3.63, 3.8) is 0 Å². The first kappa shape index (κ1) is 17.6. The molecule has 0 unspecified atom stereocenters. The van der Waals surface area contributed by atoms with Gasteiger partial charge in [0.2, 0.25) is 0 Å². The molecule has 1 heterocycles. The Bertz CT molecular complexity index is 598. The van der Waals surface area contributed by atoms with Crippen molar-refractivity contribution in [2.24, 2.45) is 0 Å². The third kappa shape index (κ3) is 4.55. The number of aromatic nitrogens is 2. The quantitative estimate of drug-likeness (QED) is 0.930. The summed E-state index contributed by atoms with van der Waals surface area (Å²) >= 11 is 0. The van der Waals surface area contributed by atoms with E-state index in [1.165, 1.54) is 6.33 Å². The van der Waals surface area contributed by atoms with Gasteiger partial charge >= 0.3 is 0 Å². The van der Waals surface area contributed by atoms with E-state index in [0.29, 0.717) is 22.9 Å². The first-order valence-electron chi connectivity index (χ1n) is 7.36. The zero-order valence-electron chi connectivity index (χ0n) is 13.8. The molecule has 2 aromatic rings. The van der Waals surface area contributed by atoms with Crippen LogP contribution in [0.3, 0.4) is 0 Å². The summed E-state index contributed by atoms with van der Waals surface area (Å²) in [5.41, 5.74) is 2.16. The van der Waals surface area contributed by atoms with E-state index in [2.05, 4.69) is 29.1 Å². The standard InChI is InChI=1S/C15H17N3O2.C2H6/c1-10(2)11-4-5-13(14(6-11)20-3)15(19)18-12-7-16-9-17-8-12;1-2/h4-10H,1-3H3,(H,18,19);1-2H3. The number of carbonyl (C=O) groups excluding carboxylic acids is 1. The molecule has 118 valence electrons. The highest BCUT2D eigenvalue weighted by Crippen LogP contribution is 2.25. The largest absolute Gasteiger partial charge is 0.496 e. The molecule has 0 saturated carbocycles. The molecule has 1 amide bonds. The average molecular weight is 301 g/mol. The van der Waals surface area contributed by atoms with Crippen LogP contribution in [0.25, 0.3) is 0 Å². The highest BCUT2D eigenvalue weighted by Gasteiger charge is 2.14. The van der Waals surface area contributed by atoms with E-state index in [1.54, 1.807) is 25.6 Å². The number of benzene rings is 1. The van der Waals surface area contributed by atoms with Gasteiger partial charge in [0.1, 0.15) is 12.1 Å². The topological polar surface area (TPSA) is 64.1 Å². The summed E-state index contributed by atoms with van der Waals surface area (Å²) in [6, 6.07) is 5.60. The number of nitrogens with zero attached hydrogens (tertiary/aromatic N) is 2. The number of nitrogens with one attached hydrogen (secondary N) is 1. The SMILES string of the molecule is CC.COc1cc(C(C)C)ccc1C(=O)Nc1cncnc1. The molecule has 0 aliphatic heterocycles. The number of amides is 1. The monoisotopic (exact) mass is 301 g/mol. The van der Waals surface area contributed by atoms with Crippen LogP contribution in [-0.2, 0) is 0 Å². The summed E-state index contributed by atoms with van der Waals surface area (Å²) in [6.45, 7) is 8.19. The van der Waals surface area contributed by atoms with Crippen LogP contribution in [0.5, 0.6) is 5.75 Å². The molecule has 0 fully saturated rings. The highest BCUT2D eigenvalue weighted by molar-refractivity contribution is 6.06. The summed E-state index contributed by atoms with van der Waals surface area (Å²) in [5.74, 6) is 0.695. The van der Waals surface area contributed by atoms with Crippen molar-refractivity contribution in [3.8, 4) is 5.75 Å². The maximum atomic E-state index is 12.2. The first-order chi connectivity index (χ1) is 10.6. The zero-order chi connectivity index (χ0) is 16.5. The Morgan fingerprint density at radius 2 is 1.82 bits per heavy atom. The second-order valence-electron chi connectivity index (χ2n) is 4.70. The Balaban J connectivity index is 0.00000116. The van der Waals surface area contributed by atoms with Gasteiger partial charge in [0, 0.05) is 0 Å².